The van der Waals surface area contributed by atoms with Crippen molar-refractivity contribution in [3.63, 3.8) is 0 Å². The number of aliphatic carboxylic acids is 1. The Morgan fingerprint density at radius 2 is 1.89 bits per heavy atom. The Labute approximate surface area is 115 Å². The van der Waals surface area contributed by atoms with Gasteiger partial charge in [-0.05, 0) is 39.5 Å². The number of nitrogens with zero attached hydrogens (tertiary/aromatic N) is 1. The van der Waals surface area contributed by atoms with E-state index in [4.69, 9.17) is 9.84 Å². The van der Waals surface area contributed by atoms with E-state index in [1.807, 2.05) is 34.6 Å². The van der Waals surface area contributed by atoms with Crippen molar-refractivity contribution in [1.29, 1.82) is 0 Å². The van der Waals surface area contributed by atoms with E-state index < -0.39 is 11.6 Å². The van der Waals surface area contributed by atoms with Crippen LogP contribution in [0.4, 0.5) is 4.79 Å². The first-order chi connectivity index (χ1) is 8.78. The molecule has 5 heteroatoms. The zero-order chi connectivity index (χ0) is 15.1. The van der Waals surface area contributed by atoms with Gasteiger partial charge in [0.05, 0.1) is 0 Å². The van der Waals surface area contributed by atoms with Crippen LogP contribution in [0.5, 0.6) is 0 Å². The Morgan fingerprint density at radius 3 is 2.37 bits per heavy atom. The SMILES string of the molecule is CC.CC(C)(C)OC(=O)N1CCCC(CC(=O)O)C1. The summed E-state index contributed by atoms with van der Waals surface area (Å²) in [6.07, 6.45) is 1.50. The number of carboxylic acid groups (broad SMARTS) is 1. The van der Waals surface area contributed by atoms with Crippen LogP contribution in [0.25, 0.3) is 0 Å². The quantitative estimate of drug-likeness (QED) is 0.839. The molecule has 112 valence electrons. The van der Waals surface area contributed by atoms with E-state index >= 15 is 0 Å². The Bertz CT molecular complexity index is 296. The Kier molecular flexibility index (Phi) is 7.49. The molecule has 1 aliphatic heterocycles. The van der Waals surface area contributed by atoms with Crippen molar-refractivity contribution < 1.29 is 19.4 Å². The van der Waals surface area contributed by atoms with Crippen molar-refractivity contribution in [2.45, 2.75) is 59.5 Å². The summed E-state index contributed by atoms with van der Waals surface area (Å²) in [6.45, 7) is 10.6. The van der Waals surface area contributed by atoms with Crippen LogP contribution in [-0.4, -0.2) is 40.8 Å². The van der Waals surface area contributed by atoms with Gasteiger partial charge in [-0.15, -0.1) is 0 Å². The second-order valence-electron chi connectivity index (χ2n) is 5.53. The van der Waals surface area contributed by atoms with Crippen LogP contribution in [0.3, 0.4) is 0 Å². The highest BCUT2D eigenvalue weighted by Gasteiger charge is 2.28. The van der Waals surface area contributed by atoms with Crippen molar-refractivity contribution in [3.8, 4) is 0 Å². The number of ether oxygens (including phenoxy) is 1. The number of carboxylic acids is 1. The number of hydrogen-bond acceptors (Lipinski definition) is 3. The average molecular weight is 273 g/mol. The standard InChI is InChI=1S/C12H21NO4.C2H6/c1-12(2,3)17-11(16)13-6-4-5-9(8-13)7-10(14)15;1-2/h9H,4-8H2,1-3H3,(H,14,15);1-2H3. The maximum atomic E-state index is 11.8. The predicted octanol–water partition coefficient (Wildman–Crippen LogP) is 3.13. The van der Waals surface area contributed by atoms with Crippen LogP contribution in [0.15, 0.2) is 0 Å². The van der Waals surface area contributed by atoms with Crippen molar-refractivity contribution in [1.82, 2.24) is 4.90 Å². The molecular formula is C14H27NO4. The molecule has 0 aromatic carbocycles. The van der Waals surface area contributed by atoms with E-state index in [0.717, 1.165) is 12.8 Å². The van der Waals surface area contributed by atoms with Gasteiger partial charge in [0.15, 0.2) is 0 Å². The average Bonchev–Trinajstić information content (AvgIpc) is 2.29. The van der Waals surface area contributed by atoms with Crippen molar-refractivity contribution in [3.05, 3.63) is 0 Å². The molecule has 0 aromatic rings. The highest BCUT2D eigenvalue weighted by Crippen LogP contribution is 2.21. The summed E-state index contributed by atoms with van der Waals surface area (Å²) in [5.41, 5.74) is -0.503. The number of rotatable bonds is 2. The van der Waals surface area contributed by atoms with Gasteiger partial charge in [0.25, 0.3) is 0 Å². The zero-order valence-electron chi connectivity index (χ0n) is 12.7. The molecule has 5 nitrogen and oxygen atoms in total. The molecule has 1 rings (SSSR count). The molecule has 1 aliphatic rings. The largest absolute Gasteiger partial charge is 0.481 e. The third-order valence-electron chi connectivity index (χ3n) is 2.63. The lowest BCUT2D eigenvalue weighted by Gasteiger charge is -2.33. The van der Waals surface area contributed by atoms with Crippen LogP contribution in [0, 0.1) is 5.92 Å². The number of likely N-dealkylation sites (tertiary alicyclic amines) is 1. The first-order valence-corrected chi connectivity index (χ1v) is 6.97. The van der Waals surface area contributed by atoms with Crippen LogP contribution in [-0.2, 0) is 9.53 Å². The minimum absolute atomic E-state index is 0.0498. The van der Waals surface area contributed by atoms with E-state index in [2.05, 4.69) is 0 Å². The summed E-state index contributed by atoms with van der Waals surface area (Å²) in [5, 5.41) is 8.74. The lowest BCUT2D eigenvalue weighted by molar-refractivity contribution is -0.138. The molecule has 1 amide bonds. The van der Waals surface area contributed by atoms with E-state index in [-0.39, 0.29) is 18.4 Å². The van der Waals surface area contributed by atoms with Crippen molar-refractivity contribution in [2.24, 2.45) is 5.92 Å². The van der Waals surface area contributed by atoms with Crippen LogP contribution in [0.1, 0.15) is 53.9 Å². The second-order valence-corrected chi connectivity index (χ2v) is 5.53. The molecule has 0 bridgehead atoms. The maximum absolute atomic E-state index is 11.8. The summed E-state index contributed by atoms with van der Waals surface area (Å²) < 4.78 is 5.27. The van der Waals surface area contributed by atoms with E-state index in [1.165, 1.54) is 0 Å². The minimum Gasteiger partial charge on any atom is -0.481 e. The van der Waals surface area contributed by atoms with Crippen molar-refractivity contribution >= 4 is 12.1 Å². The highest BCUT2D eigenvalue weighted by molar-refractivity contribution is 5.69. The molecule has 0 radical (unpaired) electrons. The van der Waals surface area contributed by atoms with Crippen LogP contribution >= 0.6 is 0 Å². The lowest BCUT2D eigenvalue weighted by Crippen LogP contribution is -2.43. The zero-order valence-corrected chi connectivity index (χ0v) is 12.7. The molecule has 0 aromatic heterocycles. The third-order valence-corrected chi connectivity index (χ3v) is 2.63. The first-order valence-electron chi connectivity index (χ1n) is 6.97. The normalized spacial score (nSPS) is 19.2. The fraction of sp³-hybridized carbons (Fsp3) is 0.857. The number of amides is 1. The fourth-order valence-corrected chi connectivity index (χ4v) is 1.97. The number of carbonyl (C=O) groups excluding carboxylic acids is 1. The predicted molar refractivity (Wildman–Crippen MR) is 74.1 cm³/mol. The van der Waals surface area contributed by atoms with Gasteiger partial charge < -0.3 is 14.7 Å². The molecule has 1 saturated heterocycles. The van der Waals surface area contributed by atoms with Gasteiger partial charge in [-0.1, -0.05) is 13.8 Å². The van der Waals surface area contributed by atoms with Crippen LogP contribution < -0.4 is 0 Å². The summed E-state index contributed by atoms with van der Waals surface area (Å²) in [4.78, 5) is 24.1. The number of piperidine rings is 1. The van der Waals surface area contributed by atoms with E-state index in [9.17, 15) is 9.59 Å². The topological polar surface area (TPSA) is 66.8 Å². The molecule has 0 saturated carbocycles. The fourth-order valence-electron chi connectivity index (χ4n) is 1.97. The molecule has 0 spiro atoms. The van der Waals surface area contributed by atoms with Gasteiger partial charge >= 0.3 is 12.1 Å². The van der Waals surface area contributed by atoms with Gasteiger partial charge in [0, 0.05) is 19.5 Å². The summed E-state index contributed by atoms with van der Waals surface area (Å²) in [6, 6.07) is 0. The molecule has 1 N–H and O–H groups in total. The minimum atomic E-state index is -0.805. The molecule has 1 unspecified atom stereocenters. The van der Waals surface area contributed by atoms with Crippen molar-refractivity contribution in [2.75, 3.05) is 13.1 Å². The number of hydrogen-bond donors (Lipinski definition) is 1. The monoisotopic (exact) mass is 273 g/mol. The molecule has 1 fully saturated rings. The highest BCUT2D eigenvalue weighted by atomic mass is 16.6. The van der Waals surface area contributed by atoms with Gasteiger partial charge in [0.2, 0.25) is 0 Å². The summed E-state index contributed by atoms with van der Waals surface area (Å²) >= 11 is 0. The van der Waals surface area contributed by atoms with Gasteiger partial charge in [-0.2, -0.15) is 0 Å². The molecule has 19 heavy (non-hydrogen) atoms. The van der Waals surface area contributed by atoms with Crippen LogP contribution in [0.2, 0.25) is 0 Å². The molecule has 1 atom stereocenters. The lowest BCUT2D eigenvalue weighted by atomic mass is 9.95. The molecule has 0 aliphatic carbocycles. The van der Waals surface area contributed by atoms with E-state index in [1.54, 1.807) is 4.90 Å². The Balaban J connectivity index is 0.00000154. The van der Waals surface area contributed by atoms with E-state index in [0.29, 0.717) is 13.1 Å². The maximum Gasteiger partial charge on any atom is 0.410 e. The van der Waals surface area contributed by atoms with Gasteiger partial charge in [-0.3, -0.25) is 4.79 Å². The Hall–Kier alpha value is -1.26. The Morgan fingerprint density at radius 1 is 1.32 bits per heavy atom. The smallest absolute Gasteiger partial charge is 0.410 e. The molecule has 1 heterocycles. The number of carbonyl (C=O) groups is 2. The third kappa shape index (κ3) is 7.70. The first kappa shape index (κ1) is 17.7. The summed E-state index contributed by atoms with van der Waals surface area (Å²) in [5.74, 6) is -0.755. The summed E-state index contributed by atoms with van der Waals surface area (Å²) in [7, 11) is 0. The van der Waals surface area contributed by atoms with Gasteiger partial charge in [-0.25, -0.2) is 4.79 Å². The molecular weight excluding hydrogens is 246 g/mol. The van der Waals surface area contributed by atoms with Gasteiger partial charge in [0.1, 0.15) is 5.60 Å². The second kappa shape index (κ2) is 8.02.